The molecular weight excluding hydrogens is 383 g/mol. The van der Waals surface area contributed by atoms with E-state index in [1.54, 1.807) is 25.3 Å². The summed E-state index contributed by atoms with van der Waals surface area (Å²) < 4.78 is 10.2. The number of allylic oxidation sites excluding steroid dienone is 1. The maximum atomic E-state index is 12.5. The van der Waals surface area contributed by atoms with Gasteiger partial charge in [0.1, 0.15) is 0 Å². The molecule has 1 heterocycles. The molecule has 2 atom stereocenters. The van der Waals surface area contributed by atoms with Crippen LogP contribution in [-0.2, 0) is 14.3 Å². The number of nitrogens with zero attached hydrogens (tertiary/aromatic N) is 1. The monoisotopic (exact) mass is 402 g/mol. The van der Waals surface area contributed by atoms with Gasteiger partial charge in [0.15, 0.2) is 5.11 Å². The average Bonchev–Trinajstić information content (AvgIpc) is 2.56. The summed E-state index contributed by atoms with van der Waals surface area (Å²) in [6.07, 6.45) is 0. The van der Waals surface area contributed by atoms with E-state index < -0.39 is 12.0 Å². The van der Waals surface area contributed by atoms with Gasteiger partial charge in [-0.2, -0.15) is 0 Å². The number of hydrogen-bond donors (Lipinski definition) is 1. The number of rotatable bonds is 5. The minimum absolute atomic E-state index is 0.0422. The number of nitrogens with one attached hydrogen (secondary N) is 1. The Bertz CT molecular complexity index is 724. The van der Waals surface area contributed by atoms with Crippen LogP contribution in [0.1, 0.15) is 25.5 Å². The van der Waals surface area contributed by atoms with E-state index in [9.17, 15) is 4.79 Å². The largest absolute Gasteiger partial charge is 0.466 e. The molecule has 1 aliphatic heterocycles. The molecule has 0 radical (unpaired) electrons. The second-order valence-electron chi connectivity index (χ2n) is 5.72. The van der Waals surface area contributed by atoms with E-state index in [1.165, 1.54) is 7.11 Å². The van der Waals surface area contributed by atoms with Crippen molar-refractivity contribution in [2.75, 3.05) is 20.8 Å². The molecule has 0 saturated heterocycles. The van der Waals surface area contributed by atoms with Crippen LogP contribution < -0.4 is 5.32 Å². The topological polar surface area (TPSA) is 50.8 Å². The second-order valence-corrected chi connectivity index (χ2v) is 6.92. The van der Waals surface area contributed by atoms with Gasteiger partial charge in [0.2, 0.25) is 0 Å². The molecule has 1 aliphatic rings. The molecule has 1 aromatic carbocycles. The first kappa shape index (κ1) is 20.0. The van der Waals surface area contributed by atoms with Gasteiger partial charge >= 0.3 is 5.97 Å². The van der Waals surface area contributed by atoms with Crippen molar-refractivity contribution < 1.29 is 14.3 Å². The van der Waals surface area contributed by atoms with Gasteiger partial charge in [0.25, 0.3) is 0 Å². The number of carbonyl (C=O) groups excluding carboxylic acids is 1. The summed E-state index contributed by atoms with van der Waals surface area (Å²) in [5.74, 6) is -0.432. The normalized spacial score (nSPS) is 18.9. The lowest BCUT2D eigenvalue weighted by molar-refractivity contribution is -0.136. The molecule has 0 aliphatic carbocycles. The first-order valence-corrected chi connectivity index (χ1v) is 8.80. The predicted octanol–water partition coefficient (Wildman–Crippen LogP) is 3.71. The van der Waals surface area contributed by atoms with Gasteiger partial charge in [0.05, 0.1) is 41.4 Å². The lowest BCUT2D eigenvalue weighted by atomic mass is 9.94. The van der Waals surface area contributed by atoms with E-state index in [1.807, 2.05) is 18.7 Å². The van der Waals surface area contributed by atoms with Crippen LogP contribution in [0.5, 0.6) is 0 Å². The summed E-state index contributed by atoms with van der Waals surface area (Å²) in [6, 6.07) is 4.70. The van der Waals surface area contributed by atoms with Crippen LogP contribution in [0.25, 0.3) is 0 Å². The smallest absolute Gasteiger partial charge is 0.337 e. The van der Waals surface area contributed by atoms with Crippen molar-refractivity contribution in [3.63, 3.8) is 0 Å². The maximum Gasteiger partial charge on any atom is 0.337 e. The third-order valence-corrected chi connectivity index (χ3v) is 5.11. The lowest BCUT2D eigenvalue weighted by Crippen LogP contribution is -2.52. The van der Waals surface area contributed by atoms with Gasteiger partial charge in [-0.25, -0.2) is 4.79 Å². The number of thiocarbonyl (C=S) groups is 1. The van der Waals surface area contributed by atoms with E-state index in [4.69, 9.17) is 44.9 Å². The van der Waals surface area contributed by atoms with Crippen LogP contribution in [0.15, 0.2) is 29.5 Å². The van der Waals surface area contributed by atoms with E-state index >= 15 is 0 Å². The standard InChI is InChI=1S/C17H20Cl2N2O3S/c1-9(8-23-3)21-10(2)14(16(22)24-4)15(20-17(21)25)11-5-6-12(18)13(19)7-11/h5-7,9,15H,8H2,1-4H3,(H,20,25)/t9-,15+/m1/s1. The maximum absolute atomic E-state index is 12.5. The minimum Gasteiger partial charge on any atom is -0.466 e. The zero-order valence-electron chi connectivity index (χ0n) is 14.4. The zero-order chi connectivity index (χ0) is 18.7. The Balaban J connectivity index is 2.55. The molecule has 0 saturated carbocycles. The molecule has 25 heavy (non-hydrogen) atoms. The number of esters is 1. The third kappa shape index (κ3) is 4.08. The fourth-order valence-electron chi connectivity index (χ4n) is 2.92. The second kappa shape index (κ2) is 8.36. The molecule has 0 fully saturated rings. The van der Waals surface area contributed by atoms with E-state index in [0.29, 0.717) is 27.3 Å². The fourth-order valence-corrected chi connectivity index (χ4v) is 3.66. The summed E-state index contributed by atoms with van der Waals surface area (Å²) in [6.45, 7) is 4.27. The Morgan fingerprint density at radius 1 is 1.36 bits per heavy atom. The fraction of sp³-hybridized carbons (Fsp3) is 0.412. The highest BCUT2D eigenvalue weighted by Gasteiger charge is 2.36. The summed E-state index contributed by atoms with van der Waals surface area (Å²) in [7, 11) is 2.97. The van der Waals surface area contributed by atoms with Crippen molar-refractivity contribution in [1.29, 1.82) is 0 Å². The van der Waals surface area contributed by atoms with Gasteiger partial charge in [-0.3, -0.25) is 0 Å². The van der Waals surface area contributed by atoms with Crippen LogP contribution in [0.4, 0.5) is 0 Å². The van der Waals surface area contributed by atoms with E-state index in [-0.39, 0.29) is 6.04 Å². The molecule has 1 aromatic rings. The Labute approximate surface area is 162 Å². The van der Waals surface area contributed by atoms with Gasteiger partial charge in [-0.05, 0) is 43.8 Å². The minimum atomic E-state index is -0.472. The van der Waals surface area contributed by atoms with E-state index in [0.717, 1.165) is 11.3 Å². The van der Waals surface area contributed by atoms with Crippen LogP contribution in [0.2, 0.25) is 10.0 Å². The van der Waals surface area contributed by atoms with Crippen LogP contribution in [0, 0.1) is 0 Å². The van der Waals surface area contributed by atoms with Gasteiger partial charge in [-0.15, -0.1) is 0 Å². The number of benzene rings is 1. The van der Waals surface area contributed by atoms with Gasteiger partial charge in [-0.1, -0.05) is 29.3 Å². The SMILES string of the molecule is COC[C@@H](C)N1C(=S)N[C@@H](c2ccc(Cl)c(Cl)c2)C(C(=O)OC)=C1C. The molecule has 0 amide bonds. The highest BCUT2D eigenvalue weighted by Crippen LogP contribution is 2.34. The predicted molar refractivity (Wildman–Crippen MR) is 103 cm³/mol. The highest BCUT2D eigenvalue weighted by molar-refractivity contribution is 7.80. The van der Waals surface area contributed by atoms with Crippen molar-refractivity contribution in [1.82, 2.24) is 10.2 Å². The Morgan fingerprint density at radius 3 is 2.60 bits per heavy atom. The molecule has 136 valence electrons. The van der Waals surface area contributed by atoms with Crippen LogP contribution in [0.3, 0.4) is 0 Å². The van der Waals surface area contributed by atoms with Crippen molar-refractivity contribution in [3.8, 4) is 0 Å². The molecule has 0 aromatic heterocycles. The quantitative estimate of drug-likeness (QED) is 0.598. The Kier molecular flexibility index (Phi) is 6.68. The van der Waals surface area contributed by atoms with Crippen molar-refractivity contribution in [3.05, 3.63) is 45.1 Å². The van der Waals surface area contributed by atoms with Gasteiger partial charge in [0, 0.05) is 12.8 Å². The van der Waals surface area contributed by atoms with Crippen molar-refractivity contribution in [2.45, 2.75) is 25.9 Å². The number of methoxy groups -OCH3 is 2. The molecule has 5 nitrogen and oxygen atoms in total. The van der Waals surface area contributed by atoms with Gasteiger partial charge < -0.3 is 19.7 Å². The molecule has 8 heteroatoms. The number of halogens is 2. The molecule has 0 bridgehead atoms. The Morgan fingerprint density at radius 2 is 2.04 bits per heavy atom. The van der Waals surface area contributed by atoms with Crippen LogP contribution in [-0.4, -0.2) is 42.8 Å². The first-order valence-electron chi connectivity index (χ1n) is 7.64. The highest BCUT2D eigenvalue weighted by atomic mass is 35.5. The number of carbonyl (C=O) groups is 1. The number of ether oxygens (including phenoxy) is 2. The third-order valence-electron chi connectivity index (χ3n) is 4.06. The summed E-state index contributed by atoms with van der Waals surface area (Å²) in [4.78, 5) is 14.3. The average molecular weight is 403 g/mol. The van der Waals surface area contributed by atoms with E-state index in [2.05, 4.69) is 5.32 Å². The molecular formula is C17H20Cl2N2O3S. The van der Waals surface area contributed by atoms with Crippen molar-refractivity contribution >= 4 is 46.5 Å². The summed E-state index contributed by atoms with van der Waals surface area (Å²) >= 11 is 17.7. The van der Waals surface area contributed by atoms with Crippen LogP contribution >= 0.6 is 35.4 Å². The first-order chi connectivity index (χ1) is 11.8. The molecule has 0 spiro atoms. The molecule has 2 rings (SSSR count). The number of hydrogen-bond acceptors (Lipinski definition) is 4. The van der Waals surface area contributed by atoms with Crippen molar-refractivity contribution in [2.24, 2.45) is 0 Å². The summed E-state index contributed by atoms with van der Waals surface area (Å²) in [5, 5.41) is 4.56. The Hall–Kier alpha value is -1.34. The lowest BCUT2D eigenvalue weighted by Gasteiger charge is -2.40. The zero-order valence-corrected chi connectivity index (χ0v) is 16.8. The molecule has 1 N–H and O–H groups in total. The molecule has 0 unspecified atom stereocenters. The summed E-state index contributed by atoms with van der Waals surface area (Å²) in [5.41, 5.74) is 1.96.